The van der Waals surface area contributed by atoms with E-state index in [0.29, 0.717) is 18.0 Å². The molecule has 1 heterocycles. The number of nitrogen functional groups attached to an aromatic ring is 1. The van der Waals surface area contributed by atoms with Crippen molar-refractivity contribution in [3.8, 4) is 5.75 Å². The molecule has 0 bridgehead atoms. The van der Waals surface area contributed by atoms with Gasteiger partial charge in [0.15, 0.2) is 0 Å². The predicted octanol–water partition coefficient (Wildman–Crippen LogP) is 4.17. The zero-order valence-electron chi connectivity index (χ0n) is 18.6. The van der Waals surface area contributed by atoms with Crippen LogP contribution in [0.5, 0.6) is 5.75 Å². The first kappa shape index (κ1) is 24.4. The van der Waals surface area contributed by atoms with E-state index in [4.69, 9.17) is 20.1 Å². The highest BCUT2D eigenvalue weighted by atomic mass is 16.5. The van der Waals surface area contributed by atoms with E-state index in [0.717, 1.165) is 60.9 Å². The number of benzene rings is 1. The van der Waals surface area contributed by atoms with Crippen molar-refractivity contribution < 1.29 is 19.1 Å². The van der Waals surface area contributed by atoms with E-state index in [2.05, 4.69) is 24.1 Å². The number of anilines is 1. The largest absolute Gasteiger partial charge is 0.490 e. The summed E-state index contributed by atoms with van der Waals surface area (Å²) in [4.78, 5) is 32.9. The van der Waals surface area contributed by atoms with Crippen molar-refractivity contribution in [1.82, 2.24) is 10.3 Å². The molecule has 31 heavy (non-hydrogen) atoms. The second-order valence-electron chi connectivity index (χ2n) is 8.53. The van der Waals surface area contributed by atoms with Crippen LogP contribution in [0, 0.1) is 12.8 Å². The van der Waals surface area contributed by atoms with Gasteiger partial charge >= 0.3 is 6.15 Å². The number of ether oxygens (including phenoxy) is 1. The molecular formula is C24H33N3O4. The Hall–Kier alpha value is -2.92. The summed E-state index contributed by atoms with van der Waals surface area (Å²) >= 11 is 0. The summed E-state index contributed by atoms with van der Waals surface area (Å²) in [5, 5.41) is 4.09. The summed E-state index contributed by atoms with van der Waals surface area (Å²) < 4.78 is 6.30. The fraction of sp³-hybridized carbons (Fsp3) is 0.542. The molecule has 1 aromatic heterocycles. The molecule has 1 aliphatic carbocycles. The van der Waals surface area contributed by atoms with Gasteiger partial charge < -0.3 is 15.8 Å². The quantitative estimate of drug-likeness (QED) is 0.686. The van der Waals surface area contributed by atoms with Crippen LogP contribution in [0.15, 0.2) is 24.3 Å². The van der Waals surface area contributed by atoms with Gasteiger partial charge in [0.2, 0.25) is 5.91 Å². The van der Waals surface area contributed by atoms with Gasteiger partial charge in [0.05, 0.1) is 17.0 Å². The summed E-state index contributed by atoms with van der Waals surface area (Å²) in [7, 11) is 0. The Kier molecular flexibility index (Phi) is 9.47. The summed E-state index contributed by atoms with van der Waals surface area (Å²) in [6, 6.07) is 8.07. The Morgan fingerprint density at radius 3 is 2.58 bits per heavy atom. The number of aryl methyl sites for hydroxylation is 1. The Morgan fingerprint density at radius 1 is 1.26 bits per heavy atom. The number of pyridine rings is 1. The van der Waals surface area contributed by atoms with Gasteiger partial charge in [-0.05, 0) is 63.1 Å². The van der Waals surface area contributed by atoms with Gasteiger partial charge in [-0.15, -0.1) is 0 Å². The molecule has 0 unspecified atom stereocenters. The molecule has 7 heteroatoms. The zero-order valence-corrected chi connectivity index (χ0v) is 18.6. The van der Waals surface area contributed by atoms with Crippen LogP contribution in [0.1, 0.15) is 64.5 Å². The Morgan fingerprint density at radius 2 is 1.94 bits per heavy atom. The number of amides is 1. The fourth-order valence-electron chi connectivity index (χ4n) is 4.00. The second kappa shape index (κ2) is 12.1. The summed E-state index contributed by atoms with van der Waals surface area (Å²) in [5.74, 6) is 1.65. The molecule has 1 saturated carbocycles. The van der Waals surface area contributed by atoms with Gasteiger partial charge in [-0.2, -0.15) is 9.59 Å². The summed E-state index contributed by atoms with van der Waals surface area (Å²) in [6.45, 7) is 6.33. The van der Waals surface area contributed by atoms with Crippen LogP contribution in [0.2, 0.25) is 0 Å². The SMILES string of the molecule is Cc1cc(N)c2c(OC3CCC(NC(=O)CCCC(C)C)CC3)cccc2n1.O=C=O. The minimum Gasteiger partial charge on any atom is -0.490 e. The van der Waals surface area contributed by atoms with Crippen LogP contribution in [-0.4, -0.2) is 29.2 Å². The topological polar surface area (TPSA) is 111 Å². The lowest BCUT2D eigenvalue weighted by molar-refractivity contribution is -0.191. The highest BCUT2D eigenvalue weighted by Gasteiger charge is 2.24. The van der Waals surface area contributed by atoms with Crippen LogP contribution in [-0.2, 0) is 14.4 Å². The monoisotopic (exact) mass is 427 g/mol. The number of hydrogen-bond acceptors (Lipinski definition) is 6. The molecule has 1 fully saturated rings. The van der Waals surface area contributed by atoms with Crippen LogP contribution in [0.4, 0.5) is 5.69 Å². The Labute approximate surface area is 183 Å². The molecule has 1 aliphatic rings. The molecule has 0 radical (unpaired) electrons. The smallest absolute Gasteiger partial charge is 0.373 e. The van der Waals surface area contributed by atoms with Crippen molar-refractivity contribution in [2.24, 2.45) is 5.92 Å². The van der Waals surface area contributed by atoms with Crippen molar-refractivity contribution in [1.29, 1.82) is 0 Å². The maximum atomic E-state index is 12.1. The maximum Gasteiger partial charge on any atom is 0.373 e. The maximum absolute atomic E-state index is 12.1. The minimum absolute atomic E-state index is 0.153. The molecule has 3 rings (SSSR count). The Balaban J connectivity index is 0.00000107. The molecule has 0 saturated heterocycles. The third-order valence-corrected chi connectivity index (χ3v) is 5.47. The molecule has 7 nitrogen and oxygen atoms in total. The number of hydrogen-bond donors (Lipinski definition) is 2. The lowest BCUT2D eigenvalue weighted by atomic mass is 9.92. The Bertz CT molecular complexity index is 899. The number of fused-ring (bicyclic) bond motifs is 1. The number of rotatable bonds is 7. The second-order valence-corrected chi connectivity index (χ2v) is 8.53. The summed E-state index contributed by atoms with van der Waals surface area (Å²) in [5.41, 5.74) is 8.72. The zero-order chi connectivity index (χ0) is 22.8. The molecule has 0 aliphatic heterocycles. The molecule has 1 aromatic carbocycles. The van der Waals surface area contributed by atoms with Crippen molar-refractivity contribution in [2.45, 2.75) is 77.9 Å². The third-order valence-electron chi connectivity index (χ3n) is 5.47. The van der Waals surface area contributed by atoms with Gasteiger partial charge in [0.25, 0.3) is 0 Å². The van der Waals surface area contributed by atoms with Crippen molar-refractivity contribution >= 4 is 28.6 Å². The molecule has 0 atom stereocenters. The van der Waals surface area contributed by atoms with E-state index in [9.17, 15) is 4.79 Å². The first-order valence-electron chi connectivity index (χ1n) is 10.9. The molecule has 3 N–H and O–H groups in total. The number of carbonyl (C=O) groups is 1. The van der Waals surface area contributed by atoms with Gasteiger partial charge in [-0.3, -0.25) is 9.78 Å². The molecule has 0 spiro atoms. The number of nitrogens with zero attached hydrogens (tertiary/aromatic N) is 1. The first-order chi connectivity index (χ1) is 14.8. The summed E-state index contributed by atoms with van der Waals surface area (Å²) in [6.07, 6.45) is 6.90. The highest BCUT2D eigenvalue weighted by molar-refractivity contribution is 5.95. The minimum atomic E-state index is 0.153. The van der Waals surface area contributed by atoms with E-state index in [-0.39, 0.29) is 24.2 Å². The van der Waals surface area contributed by atoms with Crippen LogP contribution >= 0.6 is 0 Å². The van der Waals surface area contributed by atoms with E-state index in [1.54, 1.807) is 0 Å². The van der Waals surface area contributed by atoms with E-state index < -0.39 is 0 Å². The third kappa shape index (κ3) is 7.68. The first-order valence-corrected chi connectivity index (χ1v) is 10.9. The number of nitrogens with two attached hydrogens (primary N) is 1. The van der Waals surface area contributed by atoms with Gasteiger partial charge in [-0.25, -0.2) is 0 Å². The fourth-order valence-corrected chi connectivity index (χ4v) is 4.00. The van der Waals surface area contributed by atoms with E-state index in [1.807, 2.05) is 31.2 Å². The number of nitrogens with one attached hydrogen (secondary N) is 1. The van der Waals surface area contributed by atoms with E-state index in [1.165, 1.54) is 0 Å². The molecule has 2 aromatic rings. The average Bonchev–Trinajstić information content (AvgIpc) is 2.69. The predicted molar refractivity (Wildman–Crippen MR) is 119 cm³/mol. The van der Waals surface area contributed by atoms with Crippen LogP contribution in [0.3, 0.4) is 0 Å². The van der Waals surface area contributed by atoms with Gasteiger partial charge in [0, 0.05) is 23.8 Å². The number of aromatic nitrogens is 1. The van der Waals surface area contributed by atoms with Crippen molar-refractivity contribution in [3.05, 3.63) is 30.0 Å². The lowest BCUT2D eigenvalue weighted by Gasteiger charge is -2.30. The standard InChI is InChI=1S/C23H33N3O2.CO2/c1-15(2)6-4-9-22(27)26-17-10-12-18(13-11-17)28-21-8-5-7-20-23(21)19(24)14-16(3)25-20;2-1-3/h5,7-8,14-15,17-18H,4,6,9-13H2,1-3H3,(H2,24,25)(H,26,27);. The van der Waals surface area contributed by atoms with E-state index >= 15 is 0 Å². The normalized spacial score (nSPS) is 18.1. The molecule has 168 valence electrons. The van der Waals surface area contributed by atoms with Crippen LogP contribution in [0.25, 0.3) is 10.9 Å². The molecule has 1 amide bonds. The molecular weight excluding hydrogens is 394 g/mol. The van der Waals surface area contributed by atoms with Crippen molar-refractivity contribution in [2.75, 3.05) is 5.73 Å². The lowest BCUT2D eigenvalue weighted by Crippen LogP contribution is -2.39. The average molecular weight is 428 g/mol. The van der Waals surface area contributed by atoms with Gasteiger partial charge in [-0.1, -0.05) is 26.3 Å². The van der Waals surface area contributed by atoms with Crippen molar-refractivity contribution in [3.63, 3.8) is 0 Å². The highest BCUT2D eigenvalue weighted by Crippen LogP contribution is 2.33. The van der Waals surface area contributed by atoms with Crippen LogP contribution < -0.4 is 15.8 Å². The van der Waals surface area contributed by atoms with Gasteiger partial charge in [0.1, 0.15) is 5.75 Å². The number of carbonyl (C=O) groups excluding carboxylic acids is 3.